The minimum atomic E-state index is -0.735. The van der Waals surface area contributed by atoms with Crippen LogP contribution in [0.5, 0.6) is 17.2 Å². The van der Waals surface area contributed by atoms with Crippen molar-refractivity contribution in [2.75, 3.05) is 14.2 Å². The zero-order valence-electron chi connectivity index (χ0n) is 11.9. The Labute approximate surface area is 124 Å². The average molecular weight is 303 g/mol. The zero-order chi connectivity index (χ0) is 15.9. The van der Waals surface area contributed by atoms with Gasteiger partial charge in [-0.15, -0.1) is 0 Å². The number of carbonyl (C=O) groups excluding carboxylic acids is 1. The third-order valence-electron chi connectivity index (χ3n) is 3.27. The molecule has 0 fully saturated rings. The van der Waals surface area contributed by atoms with Gasteiger partial charge in [-0.1, -0.05) is 0 Å². The van der Waals surface area contributed by atoms with Crippen LogP contribution in [-0.2, 0) is 0 Å². The van der Waals surface area contributed by atoms with E-state index in [1.807, 2.05) is 0 Å². The molecule has 0 aliphatic carbocycles. The van der Waals surface area contributed by atoms with Crippen LogP contribution >= 0.6 is 0 Å². The minimum Gasteiger partial charge on any atom is -0.504 e. The first-order valence-corrected chi connectivity index (χ1v) is 6.28. The monoisotopic (exact) mass is 303 g/mol. The molecule has 3 aromatic rings. The van der Waals surface area contributed by atoms with Crippen molar-refractivity contribution in [3.8, 4) is 28.5 Å². The van der Waals surface area contributed by atoms with E-state index in [0.717, 1.165) is 4.68 Å². The van der Waals surface area contributed by atoms with Crippen molar-refractivity contribution in [2.45, 2.75) is 0 Å². The van der Waals surface area contributed by atoms with Crippen LogP contribution in [0, 0.1) is 0 Å². The standard InChI is InChI=1S/C14H13N3O5/c1-20-11-7-4-6-22-12(7)13(21-2)10(18)9(11)8-3-5-17(16-8)14(15)19/h3-6,18H,1-2H3,(H2,15,19). The molecule has 0 spiro atoms. The van der Waals surface area contributed by atoms with Crippen LogP contribution in [0.4, 0.5) is 4.79 Å². The number of hydrogen-bond acceptors (Lipinski definition) is 6. The second kappa shape index (κ2) is 4.99. The Morgan fingerprint density at radius 2 is 2.05 bits per heavy atom. The lowest BCUT2D eigenvalue weighted by Gasteiger charge is -2.13. The first kappa shape index (κ1) is 13.8. The SMILES string of the molecule is COc1c(-c2ccn(C(N)=O)n2)c(O)c(OC)c2occc12. The molecule has 0 radical (unpaired) electrons. The van der Waals surface area contributed by atoms with E-state index in [4.69, 9.17) is 19.6 Å². The van der Waals surface area contributed by atoms with Crippen LogP contribution in [0.1, 0.15) is 0 Å². The molecule has 3 N–H and O–H groups in total. The van der Waals surface area contributed by atoms with Gasteiger partial charge in [0.15, 0.2) is 11.3 Å². The Morgan fingerprint density at radius 1 is 1.32 bits per heavy atom. The number of benzene rings is 1. The first-order chi connectivity index (χ1) is 10.6. The van der Waals surface area contributed by atoms with Gasteiger partial charge in [0.1, 0.15) is 11.4 Å². The zero-order valence-corrected chi connectivity index (χ0v) is 11.9. The molecule has 0 unspecified atom stereocenters. The van der Waals surface area contributed by atoms with Crippen molar-refractivity contribution in [1.82, 2.24) is 9.78 Å². The highest BCUT2D eigenvalue weighted by Gasteiger charge is 2.25. The molecule has 0 aliphatic rings. The van der Waals surface area contributed by atoms with Gasteiger partial charge in [0.2, 0.25) is 5.75 Å². The van der Waals surface area contributed by atoms with Crippen LogP contribution < -0.4 is 15.2 Å². The van der Waals surface area contributed by atoms with Crippen molar-refractivity contribution in [3.05, 3.63) is 24.6 Å². The maximum absolute atomic E-state index is 11.2. The Morgan fingerprint density at radius 3 is 2.64 bits per heavy atom. The second-order valence-corrected chi connectivity index (χ2v) is 4.44. The molecule has 114 valence electrons. The van der Waals surface area contributed by atoms with Gasteiger partial charge in [-0.2, -0.15) is 9.78 Å². The van der Waals surface area contributed by atoms with E-state index in [1.54, 1.807) is 6.07 Å². The molecule has 2 heterocycles. The van der Waals surface area contributed by atoms with Gasteiger partial charge in [0.05, 0.1) is 31.4 Å². The topological polar surface area (TPSA) is 113 Å². The van der Waals surface area contributed by atoms with E-state index in [0.29, 0.717) is 22.4 Å². The average Bonchev–Trinajstić information content (AvgIpc) is 3.14. The number of aromatic nitrogens is 2. The summed E-state index contributed by atoms with van der Waals surface area (Å²) in [5.74, 6) is 0.317. The number of nitrogens with zero attached hydrogens (tertiary/aromatic N) is 2. The van der Waals surface area contributed by atoms with Crippen LogP contribution in [0.2, 0.25) is 0 Å². The largest absolute Gasteiger partial charge is 0.504 e. The van der Waals surface area contributed by atoms with E-state index in [1.165, 1.54) is 32.7 Å². The summed E-state index contributed by atoms with van der Waals surface area (Å²) in [4.78, 5) is 11.2. The quantitative estimate of drug-likeness (QED) is 0.764. The van der Waals surface area contributed by atoms with Gasteiger partial charge < -0.3 is 24.7 Å². The number of ether oxygens (including phenoxy) is 2. The van der Waals surface area contributed by atoms with Gasteiger partial charge in [-0.3, -0.25) is 0 Å². The van der Waals surface area contributed by atoms with E-state index >= 15 is 0 Å². The molecule has 8 heteroatoms. The molecular weight excluding hydrogens is 290 g/mol. The molecule has 0 saturated heterocycles. The third-order valence-corrected chi connectivity index (χ3v) is 3.27. The summed E-state index contributed by atoms with van der Waals surface area (Å²) in [5.41, 5.74) is 6.13. The molecule has 1 amide bonds. The van der Waals surface area contributed by atoms with Crippen LogP contribution in [-0.4, -0.2) is 35.1 Å². The fraction of sp³-hybridized carbons (Fsp3) is 0.143. The lowest BCUT2D eigenvalue weighted by atomic mass is 10.1. The molecule has 0 atom stereocenters. The van der Waals surface area contributed by atoms with Crippen molar-refractivity contribution >= 4 is 17.0 Å². The summed E-state index contributed by atoms with van der Waals surface area (Å²) in [6, 6.07) is 2.49. The van der Waals surface area contributed by atoms with Gasteiger partial charge in [0, 0.05) is 6.20 Å². The molecule has 22 heavy (non-hydrogen) atoms. The smallest absolute Gasteiger partial charge is 0.339 e. The lowest BCUT2D eigenvalue weighted by Crippen LogP contribution is -2.19. The van der Waals surface area contributed by atoms with Crippen molar-refractivity contribution < 1.29 is 23.8 Å². The Hall–Kier alpha value is -3.16. The number of furan rings is 1. The third kappa shape index (κ3) is 1.85. The number of primary amides is 1. The number of carbonyl (C=O) groups is 1. The van der Waals surface area contributed by atoms with E-state index in [2.05, 4.69) is 5.10 Å². The maximum atomic E-state index is 11.2. The fourth-order valence-corrected chi connectivity index (χ4v) is 2.35. The van der Waals surface area contributed by atoms with Crippen molar-refractivity contribution in [2.24, 2.45) is 5.73 Å². The van der Waals surface area contributed by atoms with E-state index in [9.17, 15) is 9.90 Å². The van der Waals surface area contributed by atoms with Crippen molar-refractivity contribution in [1.29, 1.82) is 0 Å². The maximum Gasteiger partial charge on any atom is 0.339 e. The number of nitrogens with two attached hydrogens (primary N) is 1. The van der Waals surface area contributed by atoms with Crippen LogP contribution in [0.3, 0.4) is 0 Å². The molecule has 2 aromatic heterocycles. The summed E-state index contributed by atoms with van der Waals surface area (Å²) in [5, 5.41) is 15.1. The normalized spacial score (nSPS) is 10.8. The number of phenolic OH excluding ortho intramolecular Hbond substituents is 1. The number of aromatic hydroxyl groups is 1. The molecular formula is C14H13N3O5. The lowest BCUT2D eigenvalue weighted by molar-refractivity contribution is 0.247. The summed E-state index contributed by atoms with van der Waals surface area (Å²) in [6.45, 7) is 0. The summed E-state index contributed by atoms with van der Waals surface area (Å²) >= 11 is 0. The number of amides is 1. The summed E-state index contributed by atoms with van der Waals surface area (Å²) < 4.78 is 16.9. The van der Waals surface area contributed by atoms with E-state index < -0.39 is 6.03 Å². The minimum absolute atomic E-state index is 0.157. The highest BCUT2D eigenvalue weighted by molar-refractivity contribution is 5.99. The van der Waals surface area contributed by atoms with Gasteiger partial charge in [-0.25, -0.2) is 4.79 Å². The number of phenols is 1. The van der Waals surface area contributed by atoms with E-state index in [-0.39, 0.29) is 17.1 Å². The Kier molecular flexibility index (Phi) is 3.13. The van der Waals surface area contributed by atoms with Gasteiger partial charge in [-0.05, 0) is 12.1 Å². The highest BCUT2D eigenvalue weighted by atomic mass is 16.5. The predicted molar refractivity (Wildman–Crippen MR) is 77.2 cm³/mol. The summed E-state index contributed by atoms with van der Waals surface area (Å²) in [6.07, 6.45) is 2.85. The molecule has 3 rings (SSSR count). The number of methoxy groups -OCH3 is 2. The molecule has 0 bridgehead atoms. The number of rotatable bonds is 3. The first-order valence-electron chi connectivity index (χ1n) is 6.28. The van der Waals surface area contributed by atoms with Crippen LogP contribution in [0.15, 0.2) is 29.0 Å². The number of hydrogen-bond donors (Lipinski definition) is 2. The predicted octanol–water partition coefficient (Wildman–Crippen LogP) is 1.95. The molecule has 1 aromatic carbocycles. The Balaban J connectivity index is 2.35. The van der Waals surface area contributed by atoms with Crippen molar-refractivity contribution in [3.63, 3.8) is 0 Å². The molecule has 8 nitrogen and oxygen atoms in total. The second-order valence-electron chi connectivity index (χ2n) is 4.44. The van der Waals surface area contributed by atoms with Crippen LogP contribution in [0.25, 0.3) is 22.2 Å². The van der Waals surface area contributed by atoms with Gasteiger partial charge >= 0.3 is 6.03 Å². The fourth-order valence-electron chi connectivity index (χ4n) is 2.35. The highest BCUT2D eigenvalue weighted by Crippen LogP contribution is 2.49. The summed E-state index contributed by atoms with van der Waals surface area (Å²) in [7, 11) is 2.87. The molecule has 0 aliphatic heterocycles. The number of fused-ring (bicyclic) bond motifs is 1. The van der Waals surface area contributed by atoms with Gasteiger partial charge in [0.25, 0.3) is 0 Å². The molecule has 0 saturated carbocycles. The Bertz CT molecular complexity index is 865.